The lowest BCUT2D eigenvalue weighted by molar-refractivity contribution is -0.159. The highest BCUT2D eigenvalue weighted by Crippen LogP contribution is 2.18. The lowest BCUT2D eigenvalue weighted by atomic mass is 10.0. The maximum absolute atomic E-state index is 9.10. The Bertz CT molecular complexity index is 533. The molecule has 0 radical (unpaired) electrons. The Kier molecular flexibility index (Phi) is 10.2. The normalized spacial score (nSPS) is 16.9. The topological polar surface area (TPSA) is 96.3 Å². The average Bonchev–Trinajstić information content (AvgIpc) is 2.61. The molecule has 2 N–H and O–H groups in total. The fourth-order valence-corrected chi connectivity index (χ4v) is 2.63. The molecular weight excluding hydrogens is 338 g/mol. The third-order valence-corrected chi connectivity index (χ3v) is 3.90. The molecule has 0 amide bonds. The van der Waals surface area contributed by atoms with E-state index in [1.54, 1.807) is 0 Å². The number of likely N-dealkylation sites (tertiary alicyclic amines) is 1. The van der Waals surface area contributed by atoms with Crippen LogP contribution in [0.5, 0.6) is 11.5 Å². The standard InChI is InChI=1S/C17H27NO2.C2H2O4/c1-3-12-19-16-6-8-17(9-7-16)20-13-11-18-10-4-5-15(2)14-18;3-1(4)2(5)6/h6-9,15H,3-5,10-14H2,1-2H3;(H,3,4)(H,5,6). The molecule has 0 spiro atoms. The van der Waals surface area contributed by atoms with E-state index in [-0.39, 0.29) is 0 Å². The smallest absolute Gasteiger partial charge is 0.414 e. The van der Waals surface area contributed by atoms with E-state index in [4.69, 9.17) is 29.3 Å². The first-order valence-electron chi connectivity index (χ1n) is 8.96. The molecule has 1 atom stereocenters. The third kappa shape index (κ3) is 9.27. The highest BCUT2D eigenvalue weighted by molar-refractivity contribution is 6.27. The zero-order valence-corrected chi connectivity index (χ0v) is 15.5. The van der Waals surface area contributed by atoms with E-state index in [1.165, 1.54) is 25.9 Å². The van der Waals surface area contributed by atoms with Crippen molar-refractivity contribution in [3.8, 4) is 11.5 Å². The van der Waals surface area contributed by atoms with Crippen molar-refractivity contribution in [3.05, 3.63) is 24.3 Å². The van der Waals surface area contributed by atoms with Gasteiger partial charge in [0.05, 0.1) is 6.61 Å². The number of aliphatic carboxylic acids is 2. The van der Waals surface area contributed by atoms with E-state index in [2.05, 4.69) is 18.7 Å². The van der Waals surface area contributed by atoms with Gasteiger partial charge in [-0.05, 0) is 56.0 Å². The Hall–Kier alpha value is -2.28. The molecule has 1 aliphatic heterocycles. The van der Waals surface area contributed by atoms with Crippen LogP contribution in [-0.2, 0) is 9.59 Å². The van der Waals surface area contributed by atoms with E-state index in [0.29, 0.717) is 0 Å². The van der Waals surface area contributed by atoms with Crippen LogP contribution in [0.4, 0.5) is 0 Å². The second kappa shape index (κ2) is 12.1. The van der Waals surface area contributed by atoms with Crippen LogP contribution < -0.4 is 9.47 Å². The van der Waals surface area contributed by atoms with Gasteiger partial charge in [-0.25, -0.2) is 9.59 Å². The molecular formula is C19H29NO6. The molecule has 7 heteroatoms. The van der Waals surface area contributed by atoms with Gasteiger partial charge in [0.25, 0.3) is 0 Å². The summed E-state index contributed by atoms with van der Waals surface area (Å²) in [5, 5.41) is 14.8. The van der Waals surface area contributed by atoms with Crippen LogP contribution in [0.3, 0.4) is 0 Å². The van der Waals surface area contributed by atoms with Crippen molar-refractivity contribution < 1.29 is 29.3 Å². The van der Waals surface area contributed by atoms with Gasteiger partial charge in [0.2, 0.25) is 0 Å². The van der Waals surface area contributed by atoms with Crippen LogP contribution in [0.2, 0.25) is 0 Å². The number of ether oxygens (including phenoxy) is 2. The van der Waals surface area contributed by atoms with E-state index in [0.717, 1.165) is 43.6 Å². The number of nitrogens with zero attached hydrogens (tertiary/aromatic N) is 1. The van der Waals surface area contributed by atoms with Crippen LogP contribution in [0.25, 0.3) is 0 Å². The van der Waals surface area contributed by atoms with Gasteiger partial charge in [-0.15, -0.1) is 0 Å². The molecule has 1 unspecified atom stereocenters. The minimum absolute atomic E-state index is 0.766. The van der Waals surface area contributed by atoms with Crippen molar-refractivity contribution in [2.24, 2.45) is 5.92 Å². The van der Waals surface area contributed by atoms with Crippen LogP contribution in [0.1, 0.15) is 33.1 Å². The second-order valence-corrected chi connectivity index (χ2v) is 6.33. The predicted octanol–water partition coefficient (Wildman–Crippen LogP) is 2.74. The Morgan fingerprint density at radius 3 is 2.08 bits per heavy atom. The zero-order chi connectivity index (χ0) is 19.4. The quantitative estimate of drug-likeness (QED) is 0.715. The largest absolute Gasteiger partial charge is 0.494 e. The van der Waals surface area contributed by atoms with E-state index < -0.39 is 11.9 Å². The first-order chi connectivity index (χ1) is 12.4. The van der Waals surface area contributed by atoms with Crippen molar-refractivity contribution in [1.82, 2.24) is 4.90 Å². The van der Waals surface area contributed by atoms with Gasteiger partial charge in [0, 0.05) is 13.1 Å². The first kappa shape index (κ1) is 21.8. The summed E-state index contributed by atoms with van der Waals surface area (Å²) < 4.78 is 11.4. The lowest BCUT2D eigenvalue weighted by Gasteiger charge is -2.30. The summed E-state index contributed by atoms with van der Waals surface area (Å²) >= 11 is 0. The molecule has 2 rings (SSSR count). The lowest BCUT2D eigenvalue weighted by Crippen LogP contribution is -2.37. The molecule has 1 saturated heterocycles. The van der Waals surface area contributed by atoms with Crippen molar-refractivity contribution in [3.63, 3.8) is 0 Å². The second-order valence-electron chi connectivity index (χ2n) is 6.33. The van der Waals surface area contributed by atoms with Gasteiger partial charge < -0.3 is 19.7 Å². The average molecular weight is 367 g/mol. The Morgan fingerprint density at radius 2 is 1.62 bits per heavy atom. The minimum atomic E-state index is -1.82. The highest BCUT2D eigenvalue weighted by atomic mass is 16.5. The molecule has 1 aromatic rings. The Balaban J connectivity index is 0.000000487. The molecule has 146 valence electrons. The first-order valence-corrected chi connectivity index (χ1v) is 8.96. The number of carboxylic acid groups (broad SMARTS) is 2. The molecule has 0 aromatic heterocycles. The number of carboxylic acids is 2. The summed E-state index contributed by atoms with van der Waals surface area (Å²) in [5.74, 6) is -0.966. The minimum Gasteiger partial charge on any atom is -0.494 e. The van der Waals surface area contributed by atoms with Crippen LogP contribution in [0, 0.1) is 5.92 Å². The number of hydrogen-bond acceptors (Lipinski definition) is 5. The summed E-state index contributed by atoms with van der Waals surface area (Å²) in [4.78, 5) is 20.7. The Morgan fingerprint density at radius 1 is 1.08 bits per heavy atom. The summed E-state index contributed by atoms with van der Waals surface area (Å²) in [6.07, 6.45) is 3.73. The van der Waals surface area contributed by atoms with Crippen molar-refractivity contribution in [1.29, 1.82) is 0 Å². The van der Waals surface area contributed by atoms with Gasteiger partial charge >= 0.3 is 11.9 Å². The maximum atomic E-state index is 9.10. The fourth-order valence-electron chi connectivity index (χ4n) is 2.63. The van der Waals surface area contributed by atoms with Gasteiger partial charge in [-0.1, -0.05) is 13.8 Å². The number of rotatable bonds is 7. The summed E-state index contributed by atoms with van der Waals surface area (Å²) in [5.41, 5.74) is 0. The van der Waals surface area contributed by atoms with Gasteiger partial charge in [-0.3, -0.25) is 4.90 Å². The molecule has 1 aromatic carbocycles. The van der Waals surface area contributed by atoms with Crippen molar-refractivity contribution in [2.75, 3.05) is 32.8 Å². The molecule has 1 fully saturated rings. The van der Waals surface area contributed by atoms with Crippen molar-refractivity contribution >= 4 is 11.9 Å². The fraction of sp³-hybridized carbons (Fsp3) is 0.579. The summed E-state index contributed by atoms with van der Waals surface area (Å²) in [7, 11) is 0. The van der Waals surface area contributed by atoms with Gasteiger partial charge in [-0.2, -0.15) is 0 Å². The van der Waals surface area contributed by atoms with Gasteiger partial charge in [0.1, 0.15) is 18.1 Å². The van der Waals surface area contributed by atoms with E-state index >= 15 is 0 Å². The maximum Gasteiger partial charge on any atom is 0.414 e. The molecule has 1 heterocycles. The van der Waals surface area contributed by atoms with Crippen LogP contribution >= 0.6 is 0 Å². The zero-order valence-electron chi connectivity index (χ0n) is 15.5. The van der Waals surface area contributed by atoms with Crippen molar-refractivity contribution in [2.45, 2.75) is 33.1 Å². The third-order valence-electron chi connectivity index (χ3n) is 3.90. The Labute approximate surface area is 154 Å². The predicted molar refractivity (Wildman–Crippen MR) is 97.8 cm³/mol. The highest BCUT2D eigenvalue weighted by Gasteiger charge is 2.15. The summed E-state index contributed by atoms with van der Waals surface area (Å²) in [6.45, 7) is 9.44. The van der Waals surface area contributed by atoms with E-state index in [1.807, 2.05) is 24.3 Å². The summed E-state index contributed by atoms with van der Waals surface area (Å²) in [6, 6.07) is 7.94. The molecule has 7 nitrogen and oxygen atoms in total. The number of hydrogen-bond donors (Lipinski definition) is 2. The molecule has 26 heavy (non-hydrogen) atoms. The molecule has 0 bridgehead atoms. The van der Waals surface area contributed by atoms with Gasteiger partial charge in [0.15, 0.2) is 0 Å². The van der Waals surface area contributed by atoms with E-state index in [9.17, 15) is 0 Å². The van der Waals surface area contributed by atoms with Crippen LogP contribution in [0.15, 0.2) is 24.3 Å². The number of benzene rings is 1. The monoisotopic (exact) mass is 367 g/mol. The SMILES string of the molecule is CCCOc1ccc(OCCN2CCCC(C)C2)cc1.O=C(O)C(=O)O. The van der Waals surface area contributed by atoms with Crippen LogP contribution in [-0.4, -0.2) is 59.9 Å². The molecule has 0 aliphatic carbocycles. The number of piperidine rings is 1. The number of carbonyl (C=O) groups is 2. The molecule has 0 saturated carbocycles. The molecule has 1 aliphatic rings.